The van der Waals surface area contributed by atoms with Crippen LogP contribution in [0, 0.1) is 0 Å². The third kappa shape index (κ3) is 3.30. The van der Waals surface area contributed by atoms with Crippen LogP contribution in [0.25, 0.3) is 0 Å². The van der Waals surface area contributed by atoms with Crippen LogP contribution in [0.2, 0.25) is 0 Å². The molecule has 1 atom stereocenters. The molecule has 0 spiro atoms. The predicted octanol–water partition coefficient (Wildman–Crippen LogP) is -0.0932. The van der Waals surface area contributed by atoms with E-state index < -0.39 is 0 Å². The van der Waals surface area contributed by atoms with Gasteiger partial charge in [-0.25, -0.2) is 0 Å². The Morgan fingerprint density at radius 2 is 2.13 bits per heavy atom. The molecule has 86 valence electrons. The number of rotatable bonds is 6. The highest BCUT2D eigenvalue weighted by Gasteiger charge is 2.12. The molecule has 1 aromatic rings. The van der Waals surface area contributed by atoms with Gasteiger partial charge in [-0.2, -0.15) is 5.10 Å². The van der Waals surface area contributed by atoms with Crippen molar-refractivity contribution in [1.82, 2.24) is 15.1 Å². The van der Waals surface area contributed by atoms with Crippen molar-refractivity contribution in [3.63, 3.8) is 0 Å². The minimum atomic E-state index is -0.273. The fourth-order valence-electron chi connectivity index (χ4n) is 1.39. The molecule has 1 aromatic heterocycles. The summed E-state index contributed by atoms with van der Waals surface area (Å²) >= 11 is 0. The van der Waals surface area contributed by atoms with Crippen LogP contribution >= 0.6 is 0 Å². The van der Waals surface area contributed by atoms with Crippen molar-refractivity contribution in [3.05, 3.63) is 18.0 Å². The van der Waals surface area contributed by atoms with Crippen molar-refractivity contribution in [1.29, 1.82) is 0 Å². The van der Waals surface area contributed by atoms with E-state index in [0.29, 0.717) is 0 Å². The van der Waals surface area contributed by atoms with E-state index in [9.17, 15) is 0 Å². The third-order valence-electron chi connectivity index (χ3n) is 2.40. The Labute approximate surface area is 89.7 Å². The minimum absolute atomic E-state index is 0.0667. The van der Waals surface area contributed by atoms with Gasteiger partial charge in [-0.15, -0.1) is 0 Å². The first-order valence-corrected chi connectivity index (χ1v) is 5.21. The van der Waals surface area contributed by atoms with Crippen LogP contribution < -0.4 is 5.32 Å². The maximum absolute atomic E-state index is 8.93. The van der Waals surface area contributed by atoms with Gasteiger partial charge >= 0.3 is 0 Å². The van der Waals surface area contributed by atoms with Crippen LogP contribution in [-0.2, 0) is 6.54 Å². The summed E-state index contributed by atoms with van der Waals surface area (Å²) in [7, 11) is 0. The second-order valence-corrected chi connectivity index (χ2v) is 3.58. The van der Waals surface area contributed by atoms with Crippen molar-refractivity contribution >= 4 is 0 Å². The van der Waals surface area contributed by atoms with E-state index >= 15 is 0 Å². The zero-order chi connectivity index (χ0) is 11.3. The molecule has 0 amide bonds. The molecule has 1 heterocycles. The van der Waals surface area contributed by atoms with Crippen LogP contribution in [0.4, 0.5) is 0 Å². The minimum Gasteiger partial charge on any atom is -0.395 e. The van der Waals surface area contributed by atoms with Gasteiger partial charge in [-0.05, 0) is 13.8 Å². The van der Waals surface area contributed by atoms with Gasteiger partial charge in [0.05, 0.1) is 25.5 Å². The van der Waals surface area contributed by atoms with Gasteiger partial charge in [0, 0.05) is 24.3 Å². The van der Waals surface area contributed by atoms with Crippen molar-refractivity contribution in [2.24, 2.45) is 0 Å². The Kier molecular flexibility index (Phi) is 4.74. The molecule has 3 N–H and O–H groups in total. The number of nitrogens with zero attached hydrogens (tertiary/aromatic N) is 2. The van der Waals surface area contributed by atoms with Crippen LogP contribution in [-0.4, -0.2) is 39.2 Å². The van der Waals surface area contributed by atoms with Gasteiger partial charge in [0.2, 0.25) is 0 Å². The number of aliphatic hydroxyl groups excluding tert-OH is 2. The highest BCUT2D eigenvalue weighted by atomic mass is 16.3. The second kappa shape index (κ2) is 5.85. The van der Waals surface area contributed by atoms with Crippen LogP contribution in [0.15, 0.2) is 12.4 Å². The predicted molar refractivity (Wildman–Crippen MR) is 57.4 cm³/mol. The molecule has 0 fully saturated rings. The summed E-state index contributed by atoms with van der Waals surface area (Å²) in [5.41, 5.74) is 1.06. The summed E-state index contributed by atoms with van der Waals surface area (Å²) in [6.45, 7) is 4.72. The Balaban J connectivity index is 2.55. The average Bonchev–Trinajstić information content (AvgIpc) is 2.74. The molecule has 5 heteroatoms. The first-order chi connectivity index (χ1) is 7.21. The lowest BCUT2D eigenvalue weighted by Gasteiger charge is -2.18. The molecule has 0 aliphatic rings. The van der Waals surface area contributed by atoms with Crippen LogP contribution in [0.1, 0.15) is 25.5 Å². The monoisotopic (exact) mass is 213 g/mol. The maximum atomic E-state index is 8.93. The topological polar surface area (TPSA) is 70.3 Å². The van der Waals surface area contributed by atoms with Crippen molar-refractivity contribution in [2.45, 2.75) is 32.5 Å². The molecule has 0 saturated carbocycles. The highest BCUT2D eigenvalue weighted by Crippen LogP contribution is 2.11. The number of hydrogen-bond acceptors (Lipinski definition) is 4. The SMILES string of the molecule is CCn1cc(C(C)NC(CO)CO)cn1. The van der Waals surface area contributed by atoms with Gasteiger partial charge < -0.3 is 15.5 Å². The maximum Gasteiger partial charge on any atom is 0.0607 e. The summed E-state index contributed by atoms with van der Waals surface area (Å²) in [6.07, 6.45) is 3.76. The molecule has 15 heavy (non-hydrogen) atoms. The summed E-state index contributed by atoms with van der Waals surface area (Å²) in [5, 5.41) is 25.1. The number of aromatic nitrogens is 2. The van der Waals surface area contributed by atoms with E-state index in [1.165, 1.54) is 0 Å². The van der Waals surface area contributed by atoms with Gasteiger partial charge in [-0.1, -0.05) is 0 Å². The standard InChI is InChI=1S/C10H19N3O2/c1-3-13-5-9(4-11-13)8(2)12-10(6-14)7-15/h4-5,8,10,12,14-15H,3,6-7H2,1-2H3. The molecule has 0 aliphatic heterocycles. The summed E-state index contributed by atoms with van der Waals surface area (Å²) in [6, 6.07) is -0.195. The van der Waals surface area contributed by atoms with E-state index in [1.54, 1.807) is 6.20 Å². The molecule has 1 unspecified atom stereocenters. The van der Waals surface area contributed by atoms with E-state index in [0.717, 1.165) is 12.1 Å². The Bertz CT molecular complexity index is 284. The zero-order valence-corrected chi connectivity index (χ0v) is 9.22. The highest BCUT2D eigenvalue weighted by molar-refractivity contribution is 5.09. The van der Waals surface area contributed by atoms with Crippen molar-refractivity contribution in [3.8, 4) is 0 Å². The van der Waals surface area contributed by atoms with Gasteiger partial charge in [0.1, 0.15) is 0 Å². The van der Waals surface area contributed by atoms with Gasteiger partial charge in [-0.3, -0.25) is 4.68 Å². The number of aryl methyl sites for hydroxylation is 1. The number of nitrogens with one attached hydrogen (secondary N) is 1. The lowest BCUT2D eigenvalue weighted by atomic mass is 10.1. The molecular formula is C10H19N3O2. The number of hydrogen-bond donors (Lipinski definition) is 3. The van der Waals surface area contributed by atoms with E-state index in [-0.39, 0.29) is 25.3 Å². The molecule has 0 saturated heterocycles. The third-order valence-corrected chi connectivity index (χ3v) is 2.40. The molecule has 0 aromatic carbocycles. The van der Waals surface area contributed by atoms with Crippen LogP contribution in [0.3, 0.4) is 0 Å². The van der Waals surface area contributed by atoms with Crippen molar-refractivity contribution in [2.75, 3.05) is 13.2 Å². The lowest BCUT2D eigenvalue weighted by Crippen LogP contribution is -2.37. The fourth-order valence-corrected chi connectivity index (χ4v) is 1.39. The smallest absolute Gasteiger partial charge is 0.0607 e. The molecular weight excluding hydrogens is 194 g/mol. The van der Waals surface area contributed by atoms with Crippen LogP contribution in [0.5, 0.6) is 0 Å². The molecule has 5 nitrogen and oxygen atoms in total. The normalized spacial score (nSPS) is 13.4. The van der Waals surface area contributed by atoms with Gasteiger partial charge in [0.25, 0.3) is 0 Å². The number of aliphatic hydroxyl groups is 2. The van der Waals surface area contributed by atoms with Gasteiger partial charge in [0.15, 0.2) is 0 Å². The fraction of sp³-hybridized carbons (Fsp3) is 0.700. The zero-order valence-electron chi connectivity index (χ0n) is 9.22. The summed E-state index contributed by atoms with van der Waals surface area (Å²) in [4.78, 5) is 0. The molecule has 0 bridgehead atoms. The summed E-state index contributed by atoms with van der Waals surface area (Å²) < 4.78 is 1.85. The quantitative estimate of drug-likeness (QED) is 0.617. The lowest BCUT2D eigenvalue weighted by molar-refractivity contribution is 0.163. The van der Waals surface area contributed by atoms with Crippen molar-refractivity contribution < 1.29 is 10.2 Å². The molecule has 1 rings (SSSR count). The van der Waals surface area contributed by atoms with E-state index in [4.69, 9.17) is 10.2 Å². The Morgan fingerprint density at radius 1 is 1.47 bits per heavy atom. The molecule has 0 radical (unpaired) electrons. The summed E-state index contributed by atoms with van der Waals surface area (Å²) in [5.74, 6) is 0. The Morgan fingerprint density at radius 3 is 2.60 bits per heavy atom. The first-order valence-electron chi connectivity index (χ1n) is 5.21. The van der Waals surface area contributed by atoms with E-state index in [1.807, 2.05) is 24.7 Å². The average molecular weight is 213 g/mol. The largest absolute Gasteiger partial charge is 0.395 e. The second-order valence-electron chi connectivity index (χ2n) is 3.58. The van der Waals surface area contributed by atoms with E-state index in [2.05, 4.69) is 10.4 Å². The first kappa shape index (κ1) is 12.2. The Hall–Kier alpha value is -0.910. The molecule has 0 aliphatic carbocycles.